The second kappa shape index (κ2) is 15.5. The molecule has 50 heavy (non-hydrogen) atoms. The minimum atomic E-state index is -0.338. The summed E-state index contributed by atoms with van der Waals surface area (Å²) in [5, 5.41) is 17.9. The normalized spacial score (nSPS) is 24.0. The lowest BCUT2D eigenvalue weighted by Crippen LogP contribution is -2.43. The molecule has 3 fully saturated rings. The van der Waals surface area contributed by atoms with Gasteiger partial charge in [0.15, 0.2) is 0 Å². The maximum absolute atomic E-state index is 14.0. The van der Waals surface area contributed by atoms with Crippen LogP contribution in [0.5, 0.6) is 5.75 Å². The summed E-state index contributed by atoms with van der Waals surface area (Å²) in [6, 6.07) is 10.5. The highest BCUT2D eigenvalue weighted by molar-refractivity contribution is 5.79. The lowest BCUT2D eigenvalue weighted by Gasteiger charge is -2.36. The molecular formula is C40H55N5O5. The lowest BCUT2D eigenvalue weighted by molar-refractivity contribution is -0.128. The summed E-state index contributed by atoms with van der Waals surface area (Å²) >= 11 is 0. The molecule has 1 unspecified atom stereocenters. The number of aryl methyl sites for hydroxylation is 1. The third kappa shape index (κ3) is 8.50. The van der Waals surface area contributed by atoms with Crippen LogP contribution in [0.2, 0.25) is 0 Å². The van der Waals surface area contributed by atoms with Gasteiger partial charge in [0.25, 0.3) is 0 Å². The van der Waals surface area contributed by atoms with E-state index < -0.39 is 0 Å². The summed E-state index contributed by atoms with van der Waals surface area (Å²) in [5.74, 6) is 1.58. The zero-order chi connectivity index (χ0) is 35.4. The van der Waals surface area contributed by atoms with Gasteiger partial charge in [-0.05, 0) is 139 Å². The Morgan fingerprint density at radius 3 is 2.30 bits per heavy atom. The number of methoxy groups -OCH3 is 1. The molecule has 2 amide bonds. The van der Waals surface area contributed by atoms with Crippen LogP contribution in [0.25, 0.3) is 11.1 Å². The number of nitrogens with zero attached hydrogens (tertiary/aromatic N) is 4. The number of aliphatic hydroxyl groups is 1. The Morgan fingerprint density at radius 2 is 1.66 bits per heavy atom. The van der Waals surface area contributed by atoms with Crippen LogP contribution in [0.15, 0.2) is 48.9 Å². The van der Waals surface area contributed by atoms with Crippen LogP contribution in [-0.2, 0) is 15.1 Å². The zero-order valence-electron chi connectivity index (χ0n) is 30.4. The molecule has 0 bridgehead atoms. The van der Waals surface area contributed by atoms with Crippen molar-refractivity contribution in [3.63, 3.8) is 0 Å². The molecule has 2 N–H and O–H groups in total. The summed E-state index contributed by atoms with van der Waals surface area (Å²) < 4.78 is 13.3. The molecule has 3 heterocycles. The minimum Gasteiger partial charge on any atom is -0.496 e. The molecule has 3 aromatic rings. The predicted molar refractivity (Wildman–Crippen MR) is 193 cm³/mol. The highest BCUT2D eigenvalue weighted by Gasteiger charge is 2.35. The van der Waals surface area contributed by atoms with Crippen molar-refractivity contribution in [1.29, 1.82) is 0 Å². The van der Waals surface area contributed by atoms with E-state index >= 15 is 0 Å². The van der Waals surface area contributed by atoms with E-state index in [1.165, 1.54) is 5.56 Å². The molecule has 2 saturated carbocycles. The number of amides is 2. The van der Waals surface area contributed by atoms with Crippen LogP contribution in [0.4, 0.5) is 4.79 Å². The Hall–Kier alpha value is -3.92. The number of aliphatic hydroxyl groups excluding tert-OH is 1. The molecular weight excluding hydrogens is 630 g/mol. The summed E-state index contributed by atoms with van der Waals surface area (Å²) in [6.07, 6.45) is 13.0. The highest BCUT2D eigenvalue weighted by Crippen LogP contribution is 2.42. The molecule has 10 heteroatoms. The summed E-state index contributed by atoms with van der Waals surface area (Å²) in [4.78, 5) is 33.3. The van der Waals surface area contributed by atoms with E-state index in [9.17, 15) is 14.7 Å². The fourth-order valence-corrected chi connectivity index (χ4v) is 7.99. The smallest absolute Gasteiger partial charge is 0.410 e. The number of nitrogens with one attached hydrogen (secondary N) is 1. The van der Waals surface area contributed by atoms with Gasteiger partial charge in [0.1, 0.15) is 11.9 Å². The van der Waals surface area contributed by atoms with Gasteiger partial charge < -0.3 is 24.8 Å². The Bertz CT molecular complexity index is 1610. The van der Waals surface area contributed by atoms with Gasteiger partial charge in [-0.15, -0.1) is 0 Å². The lowest BCUT2D eigenvalue weighted by atomic mass is 9.74. The van der Waals surface area contributed by atoms with Crippen molar-refractivity contribution in [3.05, 3.63) is 65.7 Å². The van der Waals surface area contributed by atoms with E-state index in [0.717, 1.165) is 53.8 Å². The third-order valence-corrected chi connectivity index (χ3v) is 11.2. The van der Waals surface area contributed by atoms with E-state index in [4.69, 9.17) is 14.5 Å². The molecule has 1 atom stereocenters. The number of pyridine rings is 1. The van der Waals surface area contributed by atoms with Crippen molar-refractivity contribution >= 4 is 12.0 Å². The molecule has 270 valence electrons. The van der Waals surface area contributed by atoms with E-state index in [1.54, 1.807) is 12.0 Å². The van der Waals surface area contributed by atoms with E-state index in [-0.39, 0.29) is 47.6 Å². The maximum Gasteiger partial charge on any atom is 0.410 e. The first kappa shape index (κ1) is 35.9. The van der Waals surface area contributed by atoms with Gasteiger partial charge in [-0.1, -0.05) is 12.1 Å². The molecule has 2 aliphatic carbocycles. The van der Waals surface area contributed by atoms with Gasteiger partial charge >= 0.3 is 6.09 Å². The number of likely N-dealkylation sites (tertiary alicyclic amines) is 1. The Kier molecular flexibility index (Phi) is 11.2. The van der Waals surface area contributed by atoms with Crippen LogP contribution in [-0.4, -0.2) is 69.2 Å². The second-order valence-electron chi connectivity index (χ2n) is 15.7. The van der Waals surface area contributed by atoms with Gasteiger partial charge in [-0.3, -0.25) is 14.5 Å². The van der Waals surface area contributed by atoms with E-state index in [2.05, 4.69) is 68.6 Å². The molecule has 1 aromatic carbocycles. The third-order valence-electron chi connectivity index (χ3n) is 11.2. The fourth-order valence-electron chi connectivity index (χ4n) is 7.99. The van der Waals surface area contributed by atoms with Gasteiger partial charge in [0, 0.05) is 37.0 Å². The fraction of sp³-hybridized carbons (Fsp3) is 0.600. The number of carbonyl (C=O) groups excluding carboxylic acids is 2. The quantitative estimate of drug-likeness (QED) is 0.256. The number of benzene rings is 1. The summed E-state index contributed by atoms with van der Waals surface area (Å²) in [6.45, 7) is 9.55. The SMILES string of the molecule is COc1ccc(C2CCC(C(NC(=O)C3CCC(OC(=O)N4CCC(O)CC4)CC3)c3cc(-c4cnn(C(C)(C)C)c4)ccn3)CC2)cc1C. The molecule has 2 aromatic heterocycles. The monoisotopic (exact) mass is 685 g/mol. The Labute approximate surface area is 296 Å². The van der Waals surface area contributed by atoms with Crippen LogP contribution in [0.1, 0.15) is 114 Å². The summed E-state index contributed by atoms with van der Waals surface area (Å²) in [7, 11) is 1.71. The Balaban J connectivity index is 1.14. The van der Waals surface area contributed by atoms with Gasteiger partial charge in [-0.2, -0.15) is 5.10 Å². The van der Waals surface area contributed by atoms with Crippen molar-refractivity contribution < 1.29 is 24.2 Å². The Morgan fingerprint density at radius 1 is 0.940 bits per heavy atom. The molecule has 3 aliphatic rings. The predicted octanol–water partition coefficient (Wildman–Crippen LogP) is 7.30. The first-order valence-corrected chi connectivity index (χ1v) is 18.6. The van der Waals surface area contributed by atoms with Gasteiger partial charge in [0.05, 0.1) is 36.7 Å². The zero-order valence-corrected chi connectivity index (χ0v) is 30.4. The maximum atomic E-state index is 14.0. The van der Waals surface area contributed by atoms with Crippen molar-refractivity contribution in [3.8, 4) is 16.9 Å². The molecule has 1 saturated heterocycles. The first-order chi connectivity index (χ1) is 24.0. The van der Waals surface area contributed by atoms with Crippen molar-refractivity contribution in [2.75, 3.05) is 20.2 Å². The first-order valence-electron chi connectivity index (χ1n) is 18.6. The average Bonchev–Trinajstić information content (AvgIpc) is 3.63. The number of rotatable bonds is 8. The topological polar surface area (TPSA) is 119 Å². The highest BCUT2D eigenvalue weighted by atomic mass is 16.6. The standard InChI is InChI=1S/C40H55N5O5/c1-26-22-30(12-15-36(26)49-5)27-6-8-28(9-7-27)37(35-23-31(16-19-41-35)32-24-42-45(25-32)40(2,3)4)43-38(47)29-10-13-34(14-11-29)50-39(48)44-20-17-33(46)18-21-44/h12,15-16,19,22-25,27-29,33-34,37,46H,6-11,13-14,17-18,20-21H2,1-5H3,(H,43,47). The number of hydrogen-bond donors (Lipinski definition) is 2. The van der Waals surface area contributed by atoms with E-state index in [1.807, 2.05) is 23.1 Å². The van der Waals surface area contributed by atoms with E-state index in [0.29, 0.717) is 57.5 Å². The second-order valence-corrected chi connectivity index (χ2v) is 15.7. The average molecular weight is 686 g/mol. The molecule has 6 rings (SSSR count). The van der Waals surface area contributed by atoms with Crippen LogP contribution in [0.3, 0.4) is 0 Å². The minimum absolute atomic E-state index is 0.0606. The van der Waals surface area contributed by atoms with Crippen LogP contribution < -0.4 is 10.1 Å². The molecule has 1 aliphatic heterocycles. The van der Waals surface area contributed by atoms with Crippen molar-refractivity contribution in [1.82, 2.24) is 25.0 Å². The molecule has 0 spiro atoms. The van der Waals surface area contributed by atoms with Crippen molar-refractivity contribution in [2.45, 2.75) is 122 Å². The molecule has 10 nitrogen and oxygen atoms in total. The van der Waals surface area contributed by atoms with Gasteiger partial charge in [-0.25, -0.2) is 4.79 Å². The number of aromatic nitrogens is 3. The summed E-state index contributed by atoms with van der Waals surface area (Å²) in [5.41, 5.74) is 5.34. The molecule has 0 radical (unpaired) electrons. The van der Waals surface area contributed by atoms with Crippen LogP contribution in [0, 0.1) is 18.8 Å². The number of ether oxygens (including phenoxy) is 2. The largest absolute Gasteiger partial charge is 0.496 e. The number of carbonyl (C=O) groups is 2. The number of hydrogen-bond acceptors (Lipinski definition) is 7. The van der Waals surface area contributed by atoms with Crippen LogP contribution >= 0.6 is 0 Å². The van der Waals surface area contributed by atoms with Crippen molar-refractivity contribution in [2.24, 2.45) is 11.8 Å². The number of piperidine rings is 1. The van der Waals surface area contributed by atoms with Gasteiger partial charge in [0.2, 0.25) is 5.91 Å².